The third-order valence-electron chi connectivity index (χ3n) is 5.48. The zero-order chi connectivity index (χ0) is 20.7. The quantitative estimate of drug-likeness (QED) is 0.578. The first-order valence-corrected chi connectivity index (χ1v) is 10.6. The fraction of sp³-hybridized carbons (Fsp3) is 0.174. The van der Waals surface area contributed by atoms with Gasteiger partial charge < -0.3 is 10.6 Å². The summed E-state index contributed by atoms with van der Waals surface area (Å²) in [6, 6.07) is 16.8. The lowest BCUT2D eigenvalue weighted by Crippen LogP contribution is -2.32. The van der Waals surface area contributed by atoms with Gasteiger partial charge in [0.15, 0.2) is 5.78 Å². The molecule has 2 aromatic carbocycles. The van der Waals surface area contributed by atoms with Crippen LogP contribution in [0.4, 0.5) is 11.5 Å². The van der Waals surface area contributed by atoms with Gasteiger partial charge in [-0.1, -0.05) is 46.3 Å². The zero-order valence-corrected chi connectivity index (χ0v) is 17.6. The maximum atomic E-state index is 13.0. The number of fused-ring (bicyclic) bond motifs is 1. The molecule has 2 N–H and O–H groups in total. The van der Waals surface area contributed by atoms with Gasteiger partial charge in [-0.3, -0.25) is 9.59 Å². The van der Waals surface area contributed by atoms with E-state index in [-0.39, 0.29) is 17.7 Å². The van der Waals surface area contributed by atoms with Crippen molar-refractivity contribution in [1.82, 2.24) is 9.78 Å². The summed E-state index contributed by atoms with van der Waals surface area (Å²) in [6.07, 6.45) is 3.67. The van der Waals surface area contributed by atoms with Crippen LogP contribution in [0, 0.1) is 0 Å². The summed E-state index contributed by atoms with van der Waals surface area (Å²) in [4.78, 5) is 25.8. The molecule has 2 heterocycles. The van der Waals surface area contributed by atoms with Gasteiger partial charge in [-0.05, 0) is 42.7 Å². The van der Waals surface area contributed by atoms with Crippen molar-refractivity contribution in [2.45, 2.75) is 25.3 Å². The van der Waals surface area contributed by atoms with Gasteiger partial charge >= 0.3 is 0 Å². The van der Waals surface area contributed by atoms with Crippen molar-refractivity contribution in [2.24, 2.45) is 0 Å². The van der Waals surface area contributed by atoms with Crippen LogP contribution in [-0.4, -0.2) is 21.5 Å². The molecule has 1 aliphatic carbocycles. The molecule has 0 unspecified atom stereocenters. The van der Waals surface area contributed by atoms with Crippen molar-refractivity contribution in [1.29, 1.82) is 0 Å². The van der Waals surface area contributed by atoms with Crippen molar-refractivity contribution in [3.8, 4) is 0 Å². The Hall–Kier alpha value is -3.19. The van der Waals surface area contributed by atoms with Gasteiger partial charge in [-0.25, -0.2) is 4.68 Å². The topological polar surface area (TPSA) is 76.0 Å². The van der Waals surface area contributed by atoms with Crippen molar-refractivity contribution >= 4 is 39.1 Å². The van der Waals surface area contributed by atoms with Crippen LogP contribution in [0.3, 0.4) is 0 Å². The van der Waals surface area contributed by atoms with E-state index in [1.54, 1.807) is 10.9 Å². The number of Topliss-reactive ketones (excluding diaryl/α,β-unsaturated/α-hetero) is 1. The van der Waals surface area contributed by atoms with Gasteiger partial charge in [-0.15, -0.1) is 0 Å². The minimum atomic E-state index is -0.361. The highest BCUT2D eigenvalue weighted by molar-refractivity contribution is 9.10. The highest BCUT2D eigenvalue weighted by Crippen LogP contribution is 2.42. The van der Waals surface area contributed by atoms with Crippen LogP contribution in [0.25, 0.3) is 0 Å². The monoisotopic (exact) mass is 462 g/mol. The number of rotatable bonds is 3. The van der Waals surface area contributed by atoms with Gasteiger partial charge in [0, 0.05) is 27.9 Å². The molecule has 7 heteroatoms. The number of para-hydroxylation sites is 1. The molecular formula is C23H19BrN4O2. The Balaban J connectivity index is 1.59. The molecule has 3 aromatic rings. The second kappa shape index (κ2) is 7.57. The number of hydrogen-bond acceptors (Lipinski definition) is 4. The number of benzene rings is 2. The van der Waals surface area contributed by atoms with E-state index < -0.39 is 0 Å². The zero-order valence-electron chi connectivity index (χ0n) is 16.1. The molecule has 1 atom stereocenters. The number of hydrogen-bond donors (Lipinski definition) is 2. The molecule has 30 heavy (non-hydrogen) atoms. The predicted molar refractivity (Wildman–Crippen MR) is 118 cm³/mol. The molecule has 0 saturated heterocycles. The second-order valence-electron chi connectivity index (χ2n) is 7.42. The summed E-state index contributed by atoms with van der Waals surface area (Å²) in [7, 11) is 0. The van der Waals surface area contributed by atoms with Crippen LogP contribution in [0.15, 0.2) is 76.5 Å². The fourth-order valence-corrected chi connectivity index (χ4v) is 4.55. The SMILES string of the molecule is O=C1CCCC2=C1[C@@H](c1cccc(Br)c1)n1ncc(C(=O)Nc3ccccc3)c1N2. The Morgan fingerprint density at radius 2 is 1.97 bits per heavy atom. The average Bonchev–Trinajstić information content (AvgIpc) is 3.17. The molecule has 1 amide bonds. The summed E-state index contributed by atoms with van der Waals surface area (Å²) >= 11 is 3.53. The number of halogens is 1. The van der Waals surface area contributed by atoms with Gasteiger partial charge in [0.1, 0.15) is 17.4 Å². The normalized spacial score (nSPS) is 17.8. The number of carbonyl (C=O) groups excluding carboxylic acids is 2. The number of anilines is 2. The van der Waals surface area contributed by atoms with Crippen LogP contribution >= 0.6 is 15.9 Å². The summed E-state index contributed by atoms with van der Waals surface area (Å²) in [5.74, 6) is 0.501. The molecule has 0 radical (unpaired) electrons. The van der Waals surface area contributed by atoms with E-state index in [1.807, 2.05) is 54.6 Å². The molecular weight excluding hydrogens is 444 g/mol. The molecule has 1 aromatic heterocycles. The summed E-state index contributed by atoms with van der Waals surface area (Å²) < 4.78 is 2.68. The molecule has 0 spiro atoms. The fourth-order valence-electron chi connectivity index (χ4n) is 4.13. The van der Waals surface area contributed by atoms with Crippen LogP contribution in [-0.2, 0) is 4.79 Å². The Morgan fingerprint density at radius 3 is 2.77 bits per heavy atom. The van der Waals surface area contributed by atoms with Gasteiger partial charge in [0.2, 0.25) is 0 Å². The third kappa shape index (κ3) is 3.25. The lowest BCUT2D eigenvalue weighted by molar-refractivity contribution is -0.116. The lowest BCUT2D eigenvalue weighted by Gasteiger charge is -2.33. The van der Waals surface area contributed by atoms with Crippen molar-refractivity contribution < 1.29 is 9.59 Å². The second-order valence-corrected chi connectivity index (χ2v) is 8.34. The number of aromatic nitrogens is 2. The minimum Gasteiger partial charge on any atom is -0.343 e. The van der Waals surface area contributed by atoms with E-state index in [0.717, 1.165) is 39.8 Å². The smallest absolute Gasteiger partial charge is 0.261 e. The van der Waals surface area contributed by atoms with Crippen molar-refractivity contribution in [3.05, 3.63) is 87.7 Å². The molecule has 0 fully saturated rings. The summed E-state index contributed by atoms with van der Waals surface area (Å²) in [6.45, 7) is 0. The minimum absolute atomic E-state index is 0.130. The molecule has 5 rings (SSSR count). The summed E-state index contributed by atoms with van der Waals surface area (Å²) in [5, 5.41) is 10.8. The Bertz CT molecular complexity index is 1180. The maximum Gasteiger partial charge on any atom is 0.261 e. The van der Waals surface area contributed by atoms with Crippen LogP contribution < -0.4 is 10.6 Å². The van der Waals surface area contributed by atoms with Crippen molar-refractivity contribution in [3.63, 3.8) is 0 Å². The molecule has 0 saturated carbocycles. The van der Waals surface area contributed by atoms with Gasteiger partial charge in [-0.2, -0.15) is 5.10 Å². The van der Waals surface area contributed by atoms with E-state index in [4.69, 9.17) is 0 Å². The first-order valence-electron chi connectivity index (χ1n) is 9.84. The third-order valence-corrected chi connectivity index (χ3v) is 5.97. The standard InChI is InChI=1S/C23H19BrN4O2/c24-15-7-4-6-14(12-15)21-20-18(10-5-11-19(20)29)27-22-17(13-25-28(21)22)23(30)26-16-8-2-1-3-9-16/h1-4,6-9,12-13,21,27H,5,10-11H2,(H,26,30)/t21-/m1/s1. The first kappa shape index (κ1) is 18.8. The molecule has 0 bridgehead atoms. The largest absolute Gasteiger partial charge is 0.343 e. The number of nitrogens with zero attached hydrogens (tertiary/aromatic N) is 2. The van der Waals surface area contributed by atoms with E-state index in [1.165, 1.54) is 0 Å². The molecule has 2 aliphatic rings. The van der Waals surface area contributed by atoms with Crippen LogP contribution in [0.2, 0.25) is 0 Å². The average molecular weight is 463 g/mol. The number of ketones is 1. The predicted octanol–water partition coefficient (Wildman–Crippen LogP) is 4.92. The summed E-state index contributed by atoms with van der Waals surface area (Å²) in [5.41, 5.74) is 3.74. The Morgan fingerprint density at radius 1 is 1.13 bits per heavy atom. The number of allylic oxidation sites excluding steroid dienone is 2. The van der Waals surface area contributed by atoms with Crippen LogP contribution in [0.1, 0.15) is 41.2 Å². The van der Waals surface area contributed by atoms with Gasteiger partial charge in [0.05, 0.1) is 6.20 Å². The molecule has 150 valence electrons. The first-order chi connectivity index (χ1) is 14.6. The van der Waals surface area contributed by atoms with Gasteiger partial charge in [0.25, 0.3) is 5.91 Å². The van der Waals surface area contributed by atoms with Crippen molar-refractivity contribution in [2.75, 3.05) is 10.6 Å². The van der Waals surface area contributed by atoms with Crippen LogP contribution in [0.5, 0.6) is 0 Å². The number of carbonyl (C=O) groups is 2. The number of amides is 1. The van der Waals surface area contributed by atoms with E-state index in [2.05, 4.69) is 31.7 Å². The highest BCUT2D eigenvalue weighted by Gasteiger charge is 2.37. The maximum absolute atomic E-state index is 13.0. The molecule has 1 aliphatic heterocycles. The van der Waals surface area contributed by atoms with E-state index in [0.29, 0.717) is 17.8 Å². The van der Waals surface area contributed by atoms with E-state index >= 15 is 0 Å². The molecule has 6 nitrogen and oxygen atoms in total. The van der Waals surface area contributed by atoms with E-state index in [9.17, 15) is 9.59 Å². The lowest BCUT2D eigenvalue weighted by atomic mass is 9.85. The number of nitrogens with one attached hydrogen (secondary N) is 2. The Kier molecular flexibility index (Phi) is 4.75. The Labute approximate surface area is 182 Å². The highest BCUT2D eigenvalue weighted by atomic mass is 79.9.